The highest BCUT2D eigenvalue weighted by Gasteiger charge is 1.96. The number of alkyl halides is 1. The maximum absolute atomic E-state index is 5.38. The predicted octanol–water partition coefficient (Wildman–Crippen LogP) is 4.23. The van der Waals surface area contributed by atoms with Crippen LogP contribution in [0.3, 0.4) is 0 Å². The third kappa shape index (κ3) is 4.10. The fraction of sp³-hybridized carbons (Fsp3) is 0.188. The van der Waals surface area contributed by atoms with E-state index in [9.17, 15) is 0 Å². The van der Waals surface area contributed by atoms with E-state index in [1.54, 1.807) is 0 Å². The maximum Gasteiger partial charge on any atom is 0.143 e. The van der Waals surface area contributed by atoms with Crippen LogP contribution >= 0.6 is 15.9 Å². The lowest BCUT2D eigenvalue weighted by Gasteiger charge is -2.11. The topological polar surface area (TPSA) is 24.8 Å². The summed E-state index contributed by atoms with van der Waals surface area (Å²) in [6, 6.07) is 16.0. The van der Waals surface area contributed by atoms with Gasteiger partial charge in [0, 0.05) is 32.1 Å². The Hall–Kier alpha value is -1.81. The van der Waals surface area contributed by atoms with Crippen molar-refractivity contribution in [1.29, 1.82) is 0 Å². The van der Waals surface area contributed by atoms with Crippen LogP contribution in [0.4, 0.5) is 11.4 Å². The Balaban J connectivity index is 2.10. The Morgan fingerprint density at radius 3 is 2.55 bits per heavy atom. The molecule has 0 aliphatic carbocycles. The van der Waals surface area contributed by atoms with Crippen molar-refractivity contribution in [3.05, 3.63) is 54.1 Å². The van der Waals surface area contributed by atoms with Crippen LogP contribution < -0.4 is 9.64 Å². The standard InChI is InChI=1S/C16H17BrN2O/c1-19(2)15-8-6-13(7-9-15)11-18-14-4-3-5-16(10-14)20-12-17/h3-11H,12H2,1-2H3. The van der Waals surface area contributed by atoms with Gasteiger partial charge in [-0.25, -0.2) is 0 Å². The Morgan fingerprint density at radius 1 is 1.15 bits per heavy atom. The Bertz CT molecular complexity index is 579. The van der Waals surface area contributed by atoms with Crippen molar-refractivity contribution in [2.45, 2.75) is 0 Å². The van der Waals surface area contributed by atoms with Crippen molar-refractivity contribution >= 4 is 33.5 Å². The summed E-state index contributed by atoms with van der Waals surface area (Å²) < 4.78 is 5.38. The summed E-state index contributed by atoms with van der Waals surface area (Å²) in [5.41, 5.74) is 3.60. The molecule has 0 aliphatic rings. The van der Waals surface area contributed by atoms with Gasteiger partial charge in [0.1, 0.15) is 11.3 Å². The van der Waals surface area contributed by atoms with E-state index in [-0.39, 0.29) is 0 Å². The zero-order chi connectivity index (χ0) is 14.4. The molecule has 0 saturated heterocycles. The van der Waals surface area contributed by atoms with Crippen LogP contribution in [-0.2, 0) is 0 Å². The maximum atomic E-state index is 5.38. The second-order valence-corrected chi connectivity index (χ2v) is 4.95. The van der Waals surface area contributed by atoms with E-state index in [1.807, 2.05) is 44.6 Å². The second-order valence-electron chi connectivity index (χ2n) is 4.49. The molecular formula is C16H17BrN2O. The van der Waals surface area contributed by atoms with E-state index >= 15 is 0 Å². The van der Waals surface area contributed by atoms with E-state index in [4.69, 9.17) is 4.74 Å². The van der Waals surface area contributed by atoms with Crippen molar-refractivity contribution in [2.75, 3.05) is 24.5 Å². The predicted molar refractivity (Wildman–Crippen MR) is 88.9 cm³/mol. The molecule has 0 unspecified atom stereocenters. The lowest BCUT2D eigenvalue weighted by molar-refractivity contribution is 0.398. The molecule has 2 aromatic carbocycles. The monoisotopic (exact) mass is 332 g/mol. The van der Waals surface area contributed by atoms with E-state index < -0.39 is 0 Å². The highest BCUT2D eigenvalue weighted by Crippen LogP contribution is 2.20. The van der Waals surface area contributed by atoms with Gasteiger partial charge in [0.15, 0.2) is 0 Å². The number of halogens is 1. The molecule has 0 heterocycles. The van der Waals surface area contributed by atoms with Gasteiger partial charge in [-0.1, -0.05) is 18.2 Å². The van der Waals surface area contributed by atoms with Gasteiger partial charge in [0.25, 0.3) is 0 Å². The Kier molecular flexibility index (Phi) is 5.18. The van der Waals surface area contributed by atoms with Gasteiger partial charge in [0.2, 0.25) is 0 Å². The number of aliphatic imine (C=N–C) groups is 1. The molecular weight excluding hydrogens is 316 g/mol. The van der Waals surface area contributed by atoms with Crippen LogP contribution in [0.25, 0.3) is 0 Å². The SMILES string of the molecule is CN(C)c1ccc(C=Nc2cccc(OCBr)c2)cc1. The minimum Gasteiger partial charge on any atom is -0.482 e. The molecule has 2 rings (SSSR count). The molecule has 3 nitrogen and oxygen atoms in total. The van der Waals surface area contributed by atoms with Crippen LogP contribution in [0.1, 0.15) is 5.56 Å². The van der Waals surface area contributed by atoms with Crippen molar-refractivity contribution in [3.8, 4) is 5.75 Å². The van der Waals surface area contributed by atoms with Gasteiger partial charge in [-0.15, -0.1) is 0 Å². The molecule has 0 fully saturated rings. The van der Waals surface area contributed by atoms with Crippen molar-refractivity contribution < 1.29 is 4.74 Å². The molecule has 0 aliphatic heterocycles. The van der Waals surface area contributed by atoms with Crippen molar-refractivity contribution in [1.82, 2.24) is 0 Å². The van der Waals surface area contributed by atoms with E-state index in [0.29, 0.717) is 5.52 Å². The summed E-state index contributed by atoms with van der Waals surface area (Å²) in [5, 5.41) is 0. The lowest BCUT2D eigenvalue weighted by Crippen LogP contribution is -2.08. The van der Waals surface area contributed by atoms with Gasteiger partial charge in [-0.05, 0) is 45.8 Å². The van der Waals surface area contributed by atoms with Crippen LogP contribution in [0.15, 0.2) is 53.5 Å². The first kappa shape index (κ1) is 14.6. The average molecular weight is 333 g/mol. The summed E-state index contributed by atoms with van der Waals surface area (Å²) >= 11 is 3.24. The Labute approximate surface area is 128 Å². The summed E-state index contributed by atoms with van der Waals surface area (Å²) in [4.78, 5) is 6.53. The fourth-order valence-electron chi connectivity index (χ4n) is 1.72. The molecule has 104 valence electrons. The van der Waals surface area contributed by atoms with Crippen LogP contribution in [0.5, 0.6) is 5.75 Å². The first-order valence-corrected chi connectivity index (χ1v) is 7.41. The Morgan fingerprint density at radius 2 is 1.90 bits per heavy atom. The van der Waals surface area contributed by atoms with Gasteiger partial charge >= 0.3 is 0 Å². The van der Waals surface area contributed by atoms with Crippen LogP contribution in [-0.4, -0.2) is 25.8 Å². The van der Waals surface area contributed by atoms with E-state index in [2.05, 4.69) is 50.1 Å². The molecule has 0 amide bonds. The minimum atomic E-state index is 0.478. The summed E-state index contributed by atoms with van der Waals surface area (Å²) in [6.45, 7) is 0. The average Bonchev–Trinajstić information content (AvgIpc) is 2.46. The minimum absolute atomic E-state index is 0.478. The molecule has 0 N–H and O–H groups in total. The molecule has 2 aromatic rings. The number of hydrogen-bond acceptors (Lipinski definition) is 3. The second kappa shape index (κ2) is 7.10. The van der Waals surface area contributed by atoms with E-state index in [1.165, 1.54) is 5.69 Å². The third-order valence-corrected chi connectivity index (χ3v) is 3.04. The zero-order valence-corrected chi connectivity index (χ0v) is 13.2. The normalized spacial score (nSPS) is 10.8. The van der Waals surface area contributed by atoms with E-state index in [0.717, 1.165) is 17.0 Å². The largest absolute Gasteiger partial charge is 0.482 e. The van der Waals surface area contributed by atoms with Gasteiger partial charge in [0.05, 0.1) is 5.69 Å². The van der Waals surface area contributed by atoms with Gasteiger partial charge in [-0.2, -0.15) is 0 Å². The molecule has 0 aromatic heterocycles. The van der Waals surface area contributed by atoms with Gasteiger partial charge < -0.3 is 9.64 Å². The number of hydrogen-bond donors (Lipinski definition) is 0. The smallest absolute Gasteiger partial charge is 0.143 e. The number of anilines is 1. The molecule has 0 saturated carbocycles. The molecule has 20 heavy (non-hydrogen) atoms. The number of nitrogens with zero attached hydrogens (tertiary/aromatic N) is 2. The molecule has 0 spiro atoms. The first-order valence-electron chi connectivity index (χ1n) is 6.29. The zero-order valence-electron chi connectivity index (χ0n) is 11.6. The highest BCUT2D eigenvalue weighted by molar-refractivity contribution is 9.09. The van der Waals surface area contributed by atoms with Gasteiger partial charge in [-0.3, -0.25) is 4.99 Å². The molecule has 0 radical (unpaired) electrons. The first-order chi connectivity index (χ1) is 9.69. The third-order valence-electron chi connectivity index (χ3n) is 2.81. The number of ether oxygens (including phenoxy) is 1. The molecule has 4 heteroatoms. The number of rotatable bonds is 5. The summed E-state index contributed by atoms with van der Waals surface area (Å²) in [7, 11) is 4.05. The summed E-state index contributed by atoms with van der Waals surface area (Å²) in [5.74, 6) is 0.805. The summed E-state index contributed by atoms with van der Waals surface area (Å²) in [6.07, 6.45) is 1.85. The molecule has 0 atom stereocenters. The quantitative estimate of drug-likeness (QED) is 0.604. The highest BCUT2D eigenvalue weighted by atomic mass is 79.9. The van der Waals surface area contributed by atoms with Crippen molar-refractivity contribution in [2.24, 2.45) is 4.99 Å². The van der Waals surface area contributed by atoms with Crippen LogP contribution in [0.2, 0.25) is 0 Å². The fourth-order valence-corrected chi connectivity index (χ4v) is 1.99. The van der Waals surface area contributed by atoms with Crippen LogP contribution in [0, 0.1) is 0 Å². The van der Waals surface area contributed by atoms with Crippen molar-refractivity contribution in [3.63, 3.8) is 0 Å². The molecule has 0 bridgehead atoms. The number of benzene rings is 2. The lowest BCUT2D eigenvalue weighted by atomic mass is 10.2.